The van der Waals surface area contributed by atoms with Crippen LogP contribution in [0.15, 0.2) is 24.0 Å². The average molecular weight is 180 g/mol. The van der Waals surface area contributed by atoms with E-state index < -0.39 is 0 Å². The third-order valence-electron chi connectivity index (χ3n) is 2.54. The summed E-state index contributed by atoms with van der Waals surface area (Å²) in [4.78, 5) is 0. The highest BCUT2D eigenvalue weighted by molar-refractivity contribution is 5.14. The number of hydrogen-bond donors (Lipinski definition) is 0. The van der Waals surface area contributed by atoms with Crippen LogP contribution in [0.2, 0.25) is 0 Å². The van der Waals surface area contributed by atoms with Crippen molar-refractivity contribution in [1.82, 2.24) is 0 Å². The Bertz CT molecular complexity index is 191. The summed E-state index contributed by atoms with van der Waals surface area (Å²) in [6.07, 6.45) is 12.9. The predicted molar refractivity (Wildman–Crippen MR) is 56.5 cm³/mol. The molecule has 0 N–H and O–H groups in total. The molecule has 0 aromatic rings. The molecule has 74 valence electrons. The van der Waals surface area contributed by atoms with Gasteiger partial charge >= 0.3 is 0 Å². The first-order valence-electron chi connectivity index (χ1n) is 5.29. The Morgan fingerprint density at radius 2 is 2.31 bits per heavy atom. The van der Waals surface area contributed by atoms with Crippen LogP contribution < -0.4 is 0 Å². The van der Waals surface area contributed by atoms with Crippen molar-refractivity contribution in [2.75, 3.05) is 7.11 Å². The molecule has 0 heterocycles. The van der Waals surface area contributed by atoms with Crippen LogP contribution in [0.1, 0.15) is 39.0 Å². The average Bonchev–Trinajstić information content (AvgIpc) is 2.19. The van der Waals surface area contributed by atoms with Crippen molar-refractivity contribution in [2.24, 2.45) is 5.92 Å². The number of methoxy groups -OCH3 is 1. The fraction of sp³-hybridized carbons (Fsp3) is 0.667. The van der Waals surface area contributed by atoms with Gasteiger partial charge in [-0.15, -0.1) is 0 Å². The highest BCUT2D eigenvalue weighted by Gasteiger charge is 2.13. The summed E-state index contributed by atoms with van der Waals surface area (Å²) in [6.45, 7) is 2.24. The monoisotopic (exact) mass is 180 g/mol. The fourth-order valence-corrected chi connectivity index (χ4v) is 1.76. The van der Waals surface area contributed by atoms with Gasteiger partial charge in [-0.05, 0) is 18.9 Å². The zero-order chi connectivity index (χ0) is 9.52. The van der Waals surface area contributed by atoms with E-state index in [1.807, 2.05) is 0 Å². The second kappa shape index (κ2) is 5.85. The van der Waals surface area contributed by atoms with Gasteiger partial charge in [0, 0.05) is 5.92 Å². The topological polar surface area (TPSA) is 9.23 Å². The van der Waals surface area contributed by atoms with Gasteiger partial charge in [0.1, 0.15) is 0 Å². The molecule has 0 aromatic heterocycles. The Labute approximate surface area is 81.5 Å². The molecular weight excluding hydrogens is 160 g/mol. The first-order valence-corrected chi connectivity index (χ1v) is 5.29. The van der Waals surface area contributed by atoms with E-state index in [0.29, 0.717) is 5.92 Å². The molecule has 1 unspecified atom stereocenters. The zero-order valence-electron chi connectivity index (χ0n) is 8.75. The van der Waals surface area contributed by atoms with E-state index in [4.69, 9.17) is 4.74 Å². The first kappa shape index (κ1) is 10.4. The SMILES string of the molecule is CCCCCC1C=CCC=C1OC. The third-order valence-corrected chi connectivity index (χ3v) is 2.54. The van der Waals surface area contributed by atoms with E-state index in [9.17, 15) is 0 Å². The maximum atomic E-state index is 5.34. The molecule has 0 aromatic carbocycles. The summed E-state index contributed by atoms with van der Waals surface area (Å²) in [5, 5.41) is 0. The van der Waals surface area contributed by atoms with Crippen LogP contribution in [0.25, 0.3) is 0 Å². The van der Waals surface area contributed by atoms with Crippen molar-refractivity contribution in [2.45, 2.75) is 39.0 Å². The minimum absolute atomic E-state index is 0.547. The van der Waals surface area contributed by atoms with Crippen LogP contribution in [0.5, 0.6) is 0 Å². The van der Waals surface area contributed by atoms with E-state index in [1.165, 1.54) is 31.4 Å². The van der Waals surface area contributed by atoms with Crippen LogP contribution >= 0.6 is 0 Å². The summed E-state index contributed by atoms with van der Waals surface area (Å²) < 4.78 is 5.34. The summed E-state index contributed by atoms with van der Waals surface area (Å²) in [5.74, 6) is 1.71. The zero-order valence-corrected chi connectivity index (χ0v) is 8.75. The van der Waals surface area contributed by atoms with Crippen molar-refractivity contribution in [3.05, 3.63) is 24.0 Å². The molecule has 1 atom stereocenters. The van der Waals surface area contributed by atoms with Crippen molar-refractivity contribution in [3.63, 3.8) is 0 Å². The number of rotatable bonds is 5. The maximum absolute atomic E-state index is 5.34. The molecule has 1 rings (SSSR count). The third kappa shape index (κ3) is 3.25. The van der Waals surface area contributed by atoms with Crippen LogP contribution in [-0.2, 0) is 4.74 Å². The predicted octanol–water partition coefficient (Wildman–Crippen LogP) is 3.67. The van der Waals surface area contributed by atoms with Gasteiger partial charge in [-0.25, -0.2) is 0 Å². The highest BCUT2D eigenvalue weighted by atomic mass is 16.5. The second-order valence-electron chi connectivity index (χ2n) is 3.58. The number of unbranched alkanes of at least 4 members (excludes halogenated alkanes) is 2. The molecule has 0 amide bonds. The van der Waals surface area contributed by atoms with E-state index >= 15 is 0 Å². The van der Waals surface area contributed by atoms with Gasteiger partial charge in [-0.3, -0.25) is 0 Å². The minimum Gasteiger partial charge on any atom is -0.501 e. The van der Waals surface area contributed by atoms with E-state index in [2.05, 4.69) is 25.2 Å². The minimum atomic E-state index is 0.547. The lowest BCUT2D eigenvalue weighted by Crippen LogP contribution is -2.05. The molecule has 0 saturated carbocycles. The summed E-state index contributed by atoms with van der Waals surface area (Å²) in [5.41, 5.74) is 0. The standard InChI is InChI=1S/C12H20O/c1-3-4-5-8-11-9-6-7-10-12(11)13-2/h6,9-11H,3-5,7-8H2,1-2H3. The Hall–Kier alpha value is -0.720. The van der Waals surface area contributed by atoms with Crippen LogP contribution in [0.3, 0.4) is 0 Å². The summed E-state index contributed by atoms with van der Waals surface area (Å²) >= 11 is 0. The van der Waals surface area contributed by atoms with Gasteiger partial charge < -0.3 is 4.74 Å². The van der Waals surface area contributed by atoms with Gasteiger partial charge in [-0.1, -0.05) is 38.3 Å². The van der Waals surface area contributed by atoms with Crippen molar-refractivity contribution < 1.29 is 4.74 Å². The lowest BCUT2D eigenvalue weighted by molar-refractivity contribution is 0.247. The largest absolute Gasteiger partial charge is 0.501 e. The van der Waals surface area contributed by atoms with Gasteiger partial charge in [0.15, 0.2) is 0 Å². The quantitative estimate of drug-likeness (QED) is 0.463. The molecule has 0 radical (unpaired) electrons. The second-order valence-corrected chi connectivity index (χ2v) is 3.58. The highest BCUT2D eigenvalue weighted by Crippen LogP contribution is 2.24. The van der Waals surface area contributed by atoms with E-state index in [1.54, 1.807) is 7.11 Å². The molecule has 0 bridgehead atoms. The number of hydrogen-bond acceptors (Lipinski definition) is 1. The van der Waals surface area contributed by atoms with Crippen LogP contribution in [-0.4, -0.2) is 7.11 Å². The van der Waals surface area contributed by atoms with Gasteiger partial charge in [-0.2, -0.15) is 0 Å². The normalized spacial score (nSPS) is 21.4. The molecule has 1 heteroatoms. The molecule has 13 heavy (non-hydrogen) atoms. The smallest absolute Gasteiger partial charge is 0.0987 e. The molecule has 0 fully saturated rings. The molecule has 1 nitrogen and oxygen atoms in total. The van der Waals surface area contributed by atoms with Gasteiger partial charge in [0.25, 0.3) is 0 Å². The van der Waals surface area contributed by atoms with Gasteiger partial charge in [0.05, 0.1) is 12.9 Å². The molecule has 0 spiro atoms. The maximum Gasteiger partial charge on any atom is 0.0987 e. The Morgan fingerprint density at radius 3 is 3.00 bits per heavy atom. The van der Waals surface area contributed by atoms with Crippen molar-refractivity contribution >= 4 is 0 Å². The summed E-state index contributed by atoms with van der Waals surface area (Å²) in [7, 11) is 1.78. The first-order chi connectivity index (χ1) is 6.38. The van der Waals surface area contributed by atoms with Crippen molar-refractivity contribution in [1.29, 1.82) is 0 Å². The lowest BCUT2D eigenvalue weighted by Gasteiger charge is -2.18. The Kier molecular flexibility index (Phi) is 4.66. The van der Waals surface area contributed by atoms with E-state index in [-0.39, 0.29) is 0 Å². The fourth-order valence-electron chi connectivity index (χ4n) is 1.76. The molecule has 1 aliphatic rings. The Balaban J connectivity index is 2.33. The molecule has 0 aliphatic heterocycles. The Morgan fingerprint density at radius 1 is 1.46 bits per heavy atom. The number of ether oxygens (including phenoxy) is 1. The van der Waals surface area contributed by atoms with Crippen LogP contribution in [0, 0.1) is 5.92 Å². The number of allylic oxidation sites excluding steroid dienone is 3. The molecule has 0 saturated heterocycles. The molecular formula is C12H20O. The molecule has 1 aliphatic carbocycles. The lowest BCUT2D eigenvalue weighted by atomic mass is 9.95. The summed E-state index contributed by atoms with van der Waals surface area (Å²) in [6, 6.07) is 0. The van der Waals surface area contributed by atoms with E-state index in [0.717, 1.165) is 6.42 Å². The van der Waals surface area contributed by atoms with Crippen molar-refractivity contribution in [3.8, 4) is 0 Å². The van der Waals surface area contributed by atoms with Crippen LogP contribution in [0.4, 0.5) is 0 Å². The van der Waals surface area contributed by atoms with Gasteiger partial charge in [0.2, 0.25) is 0 Å².